The van der Waals surface area contributed by atoms with E-state index >= 15 is 0 Å². The van der Waals surface area contributed by atoms with Crippen LogP contribution in [0.5, 0.6) is 0 Å². The molecule has 39 heavy (non-hydrogen) atoms. The number of hydrogen-bond donors (Lipinski definition) is 4. The normalized spacial score (nSPS) is 16.2. The van der Waals surface area contributed by atoms with E-state index in [0.29, 0.717) is 18.7 Å². The van der Waals surface area contributed by atoms with Gasteiger partial charge in [0.2, 0.25) is 15.9 Å². The maximum Gasteiger partial charge on any atom is 0.269 e. The van der Waals surface area contributed by atoms with Crippen LogP contribution in [0.25, 0.3) is 10.8 Å². The van der Waals surface area contributed by atoms with E-state index in [1.165, 1.54) is 24.3 Å². The van der Waals surface area contributed by atoms with Gasteiger partial charge < -0.3 is 16.0 Å². The maximum absolute atomic E-state index is 13.3. The van der Waals surface area contributed by atoms with Crippen LogP contribution in [0.4, 0.5) is 5.69 Å². The third-order valence-electron chi connectivity index (χ3n) is 6.63. The van der Waals surface area contributed by atoms with Gasteiger partial charge in [-0.05, 0) is 53.6 Å². The van der Waals surface area contributed by atoms with Gasteiger partial charge in [0.1, 0.15) is 6.04 Å². The number of nitrogens with one attached hydrogen (secondary N) is 3. The number of halogens is 1. The predicted molar refractivity (Wildman–Crippen MR) is 151 cm³/mol. The monoisotopic (exact) mass is 574 g/mol. The van der Waals surface area contributed by atoms with Crippen molar-refractivity contribution in [2.45, 2.75) is 30.2 Å². The molecule has 0 aliphatic carbocycles. The van der Waals surface area contributed by atoms with Crippen molar-refractivity contribution in [1.29, 1.82) is 5.41 Å². The Balaban J connectivity index is 0.00000420. The Bertz CT molecular complexity index is 1470. The van der Waals surface area contributed by atoms with Crippen LogP contribution in [0.3, 0.4) is 0 Å². The molecule has 5 N–H and O–H groups in total. The molecule has 13 heteroatoms. The lowest BCUT2D eigenvalue weighted by atomic mass is 9.98. The van der Waals surface area contributed by atoms with Crippen molar-refractivity contribution in [2.75, 3.05) is 19.6 Å². The van der Waals surface area contributed by atoms with Gasteiger partial charge in [-0.1, -0.05) is 42.5 Å². The first-order valence-electron chi connectivity index (χ1n) is 12.2. The number of nitrogens with two attached hydrogens (primary N) is 1. The molecule has 1 aliphatic heterocycles. The molecular formula is C26H31ClN6O5S. The fourth-order valence-electron chi connectivity index (χ4n) is 4.63. The van der Waals surface area contributed by atoms with Crippen LogP contribution in [-0.2, 0) is 21.2 Å². The Hall–Kier alpha value is -3.74. The number of carbonyl (C=O) groups is 1. The summed E-state index contributed by atoms with van der Waals surface area (Å²) in [5.74, 6) is -0.513. The first-order valence-corrected chi connectivity index (χ1v) is 13.7. The Morgan fingerprint density at radius 3 is 2.59 bits per heavy atom. The van der Waals surface area contributed by atoms with Crippen LogP contribution < -0.4 is 15.8 Å². The van der Waals surface area contributed by atoms with Crippen LogP contribution in [-0.4, -0.2) is 55.8 Å². The van der Waals surface area contributed by atoms with Crippen molar-refractivity contribution in [3.8, 4) is 0 Å². The van der Waals surface area contributed by atoms with E-state index in [2.05, 4.69) is 10.0 Å². The number of likely N-dealkylation sites (tertiary alicyclic amines) is 1. The van der Waals surface area contributed by atoms with Crippen molar-refractivity contribution in [3.05, 3.63) is 82.4 Å². The molecule has 1 heterocycles. The van der Waals surface area contributed by atoms with Gasteiger partial charge in [0, 0.05) is 31.8 Å². The number of sulfonamides is 1. The topological polar surface area (TPSA) is 172 Å². The standard InChI is InChI=1S/C26H30N6O5S.ClH/c27-26(28)31-12-4-6-19(17-31)16-29-25(33)24(14-18-5-3-9-22(13-18)32(34)35)30-38(36,37)23-11-10-20-7-1-2-8-21(20)15-23;/h1-3,5,7-11,13,15,19,24,30H,4,6,12,14,16-17H2,(H3,27,28)(H,29,33);1H. The van der Waals surface area contributed by atoms with E-state index in [1.807, 2.05) is 18.2 Å². The summed E-state index contributed by atoms with van der Waals surface area (Å²) in [6, 6.07) is 16.6. The Labute approximate surface area is 232 Å². The smallest absolute Gasteiger partial charge is 0.269 e. The van der Waals surface area contributed by atoms with Gasteiger partial charge in [-0.2, -0.15) is 4.72 Å². The second-order valence-electron chi connectivity index (χ2n) is 9.40. The van der Waals surface area contributed by atoms with E-state index in [-0.39, 0.29) is 47.8 Å². The number of guanidine groups is 1. The molecule has 0 aromatic heterocycles. The molecule has 2 atom stereocenters. The minimum Gasteiger partial charge on any atom is -0.370 e. The third kappa shape index (κ3) is 7.65. The highest BCUT2D eigenvalue weighted by Gasteiger charge is 2.28. The number of nitrogens with zero attached hydrogens (tertiary/aromatic N) is 2. The highest BCUT2D eigenvalue weighted by atomic mass is 35.5. The maximum atomic E-state index is 13.3. The van der Waals surface area contributed by atoms with Gasteiger partial charge in [0.05, 0.1) is 9.82 Å². The van der Waals surface area contributed by atoms with Crippen molar-refractivity contribution in [3.63, 3.8) is 0 Å². The summed E-state index contributed by atoms with van der Waals surface area (Å²) < 4.78 is 29.2. The largest absolute Gasteiger partial charge is 0.370 e. The second kappa shape index (κ2) is 12.9. The Kier molecular flexibility index (Phi) is 9.84. The number of benzene rings is 3. The fraction of sp³-hybridized carbons (Fsp3) is 0.308. The number of hydrogen-bond acceptors (Lipinski definition) is 6. The molecule has 1 fully saturated rings. The van der Waals surface area contributed by atoms with Gasteiger partial charge in [-0.25, -0.2) is 8.42 Å². The molecule has 0 radical (unpaired) electrons. The molecule has 11 nitrogen and oxygen atoms in total. The zero-order valence-corrected chi connectivity index (χ0v) is 22.7. The number of nitro benzene ring substituents is 1. The summed E-state index contributed by atoms with van der Waals surface area (Å²) in [6.45, 7) is 1.49. The molecular weight excluding hydrogens is 544 g/mol. The number of piperidine rings is 1. The van der Waals surface area contributed by atoms with Crippen molar-refractivity contribution < 1.29 is 18.1 Å². The van der Waals surface area contributed by atoms with Gasteiger partial charge in [0.25, 0.3) is 5.69 Å². The van der Waals surface area contributed by atoms with E-state index in [9.17, 15) is 23.3 Å². The van der Waals surface area contributed by atoms with Gasteiger partial charge >= 0.3 is 0 Å². The van der Waals surface area contributed by atoms with E-state index in [1.54, 1.807) is 29.2 Å². The number of carbonyl (C=O) groups excluding carboxylic acids is 1. The van der Waals surface area contributed by atoms with E-state index in [4.69, 9.17) is 11.1 Å². The van der Waals surface area contributed by atoms with Crippen LogP contribution in [0, 0.1) is 21.4 Å². The minimum atomic E-state index is -4.10. The molecule has 0 spiro atoms. The number of amides is 1. The second-order valence-corrected chi connectivity index (χ2v) is 11.1. The molecule has 1 saturated heterocycles. The summed E-state index contributed by atoms with van der Waals surface area (Å²) in [6.07, 6.45) is 1.58. The molecule has 3 aromatic carbocycles. The Morgan fingerprint density at radius 1 is 1.13 bits per heavy atom. The average molecular weight is 575 g/mol. The van der Waals surface area contributed by atoms with Crippen molar-refractivity contribution >= 4 is 50.8 Å². The van der Waals surface area contributed by atoms with Crippen LogP contribution in [0.15, 0.2) is 71.6 Å². The predicted octanol–water partition coefficient (Wildman–Crippen LogP) is 2.78. The molecule has 1 amide bonds. The van der Waals surface area contributed by atoms with E-state index < -0.39 is 26.9 Å². The summed E-state index contributed by atoms with van der Waals surface area (Å²) in [4.78, 5) is 25.7. The zero-order valence-electron chi connectivity index (χ0n) is 21.1. The van der Waals surface area contributed by atoms with E-state index in [0.717, 1.165) is 23.6 Å². The third-order valence-corrected chi connectivity index (χ3v) is 8.10. The fourth-order valence-corrected chi connectivity index (χ4v) is 5.86. The molecule has 208 valence electrons. The highest BCUT2D eigenvalue weighted by Crippen LogP contribution is 2.21. The molecule has 4 rings (SSSR count). The number of fused-ring (bicyclic) bond motifs is 1. The van der Waals surface area contributed by atoms with Gasteiger partial charge in [-0.3, -0.25) is 20.3 Å². The summed E-state index contributed by atoms with van der Waals surface area (Å²) >= 11 is 0. The lowest BCUT2D eigenvalue weighted by Gasteiger charge is -2.33. The lowest BCUT2D eigenvalue weighted by Crippen LogP contribution is -2.51. The first-order chi connectivity index (χ1) is 18.1. The molecule has 2 unspecified atom stereocenters. The highest BCUT2D eigenvalue weighted by molar-refractivity contribution is 7.89. The van der Waals surface area contributed by atoms with Gasteiger partial charge in [0.15, 0.2) is 5.96 Å². The van der Waals surface area contributed by atoms with Crippen LogP contribution >= 0.6 is 12.4 Å². The lowest BCUT2D eigenvalue weighted by molar-refractivity contribution is -0.384. The van der Waals surface area contributed by atoms with Crippen LogP contribution in [0.1, 0.15) is 18.4 Å². The molecule has 0 bridgehead atoms. The molecule has 1 aliphatic rings. The number of rotatable bonds is 9. The quantitative estimate of drug-likeness (QED) is 0.132. The van der Waals surface area contributed by atoms with Crippen molar-refractivity contribution in [2.24, 2.45) is 11.7 Å². The first kappa shape index (κ1) is 29.8. The van der Waals surface area contributed by atoms with Crippen molar-refractivity contribution in [1.82, 2.24) is 14.9 Å². The Morgan fingerprint density at radius 2 is 1.87 bits per heavy atom. The summed E-state index contributed by atoms with van der Waals surface area (Å²) in [5, 5.41) is 23.3. The number of non-ortho nitro benzene ring substituents is 1. The SMILES string of the molecule is Cl.N=C(N)N1CCCC(CNC(=O)C(Cc2cccc([N+](=O)[O-])c2)NS(=O)(=O)c2ccc3ccccc3c2)C1. The zero-order chi connectivity index (χ0) is 27.3. The summed E-state index contributed by atoms with van der Waals surface area (Å²) in [7, 11) is -4.10. The minimum absolute atomic E-state index is 0. The average Bonchev–Trinajstić information content (AvgIpc) is 2.91. The van der Waals surface area contributed by atoms with Crippen LogP contribution in [0.2, 0.25) is 0 Å². The number of nitro groups is 1. The summed E-state index contributed by atoms with van der Waals surface area (Å²) in [5.41, 5.74) is 5.91. The molecule has 3 aromatic rings. The van der Waals surface area contributed by atoms with Gasteiger partial charge in [-0.15, -0.1) is 12.4 Å². The molecule has 0 saturated carbocycles.